The maximum atomic E-state index is 6.27. The van der Waals surface area contributed by atoms with Gasteiger partial charge in [0, 0.05) is 24.2 Å². The molecular formula is C18H21Cl2NO3. The molecule has 0 amide bonds. The third-order valence-electron chi connectivity index (χ3n) is 3.80. The summed E-state index contributed by atoms with van der Waals surface area (Å²) in [5, 5.41) is 3.96. The largest absolute Gasteiger partial charge is 0.493 e. The molecule has 2 aromatic rings. The molecule has 3 rings (SSSR count). The number of hydrogen-bond acceptors (Lipinski definition) is 4. The van der Waals surface area contributed by atoms with E-state index in [4.69, 9.17) is 25.8 Å². The molecule has 0 spiro atoms. The lowest BCUT2D eigenvalue weighted by molar-refractivity contribution is -0.0438. The number of halogens is 2. The molecular weight excluding hydrogens is 349 g/mol. The van der Waals surface area contributed by atoms with Crippen molar-refractivity contribution in [2.24, 2.45) is 0 Å². The van der Waals surface area contributed by atoms with E-state index in [1.807, 2.05) is 36.4 Å². The maximum absolute atomic E-state index is 6.27. The van der Waals surface area contributed by atoms with Gasteiger partial charge in [-0.15, -0.1) is 12.4 Å². The first-order valence-electron chi connectivity index (χ1n) is 7.65. The molecule has 1 N–H and O–H groups in total. The lowest BCUT2D eigenvalue weighted by atomic mass is 10.0. The topological polar surface area (TPSA) is 39.7 Å². The van der Waals surface area contributed by atoms with Gasteiger partial charge in [0.25, 0.3) is 0 Å². The van der Waals surface area contributed by atoms with Crippen molar-refractivity contribution >= 4 is 24.0 Å². The number of benzene rings is 2. The zero-order chi connectivity index (χ0) is 16.1. The second kappa shape index (κ2) is 9.14. The summed E-state index contributed by atoms with van der Waals surface area (Å²) in [5.41, 5.74) is 1.07. The lowest BCUT2D eigenvalue weighted by Crippen LogP contribution is -2.43. The molecule has 0 aliphatic carbocycles. The van der Waals surface area contributed by atoms with Gasteiger partial charge in [0.2, 0.25) is 0 Å². The van der Waals surface area contributed by atoms with Crippen LogP contribution in [0.25, 0.3) is 0 Å². The smallest absolute Gasteiger partial charge is 0.162 e. The van der Waals surface area contributed by atoms with E-state index in [1.54, 1.807) is 19.2 Å². The Morgan fingerprint density at radius 1 is 1.17 bits per heavy atom. The third-order valence-corrected chi connectivity index (χ3v) is 4.04. The maximum Gasteiger partial charge on any atom is 0.162 e. The van der Waals surface area contributed by atoms with Crippen molar-refractivity contribution in [3.05, 3.63) is 59.1 Å². The summed E-state index contributed by atoms with van der Waals surface area (Å²) < 4.78 is 17.6. The standard InChI is InChI=1S/C18H20ClNO3.ClH/c1-21-16-11-14(19)7-8-15(16)23-18(13-5-3-2-4-6-13)17-12-20-9-10-22-17;/h2-8,11,17-18,20H,9-10,12H2,1H3;1H/t17-,18-;/m1./s1. The SMILES string of the molecule is COc1cc(Cl)ccc1O[C@H](c1ccccc1)[C@H]1CNCCO1.Cl. The van der Waals surface area contributed by atoms with E-state index in [9.17, 15) is 0 Å². The van der Waals surface area contributed by atoms with E-state index < -0.39 is 0 Å². The molecule has 6 heteroatoms. The minimum atomic E-state index is -0.223. The van der Waals surface area contributed by atoms with Crippen LogP contribution in [0.4, 0.5) is 0 Å². The number of ether oxygens (including phenoxy) is 3. The highest BCUT2D eigenvalue weighted by atomic mass is 35.5. The zero-order valence-electron chi connectivity index (χ0n) is 13.4. The summed E-state index contributed by atoms with van der Waals surface area (Å²) in [7, 11) is 1.61. The van der Waals surface area contributed by atoms with Crippen LogP contribution in [0.2, 0.25) is 5.02 Å². The Kier molecular flexibility index (Phi) is 7.18. The second-order valence-electron chi connectivity index (χ2n) is 5.36. The lowest BCUT2D eigenvalue weighted by Gasteiger charge is -2.32. The molecule has 0 saturated carbocycles. The molecule has 1 aliphatic rings. The molecule has 0 radical (unpaired) electrons. The molecule has 1 heterocycles. The highest BCUT2D eigenvalue weighted by molar-refractivity contribution is 6.30. The quantitative estimate of drug-likeness (QED) is 0.867. The molecule has 1 saturated heterocycles. The summed E-state index contributed by atoms with van der Waals surface area (Å²) in [6.45, 7) is 2.28. The first kappa shape index (κ1) is 18.9. The molecule has 0 bridgehead atoms. The van der Waals surface area contributed by atoms with E-state index in [0.29, 0.717) is 23.1 Å². The van der Waals surface area contributed by atoms with Gasteiger partial charge in [-0.05, 0) is 17.7 Å². The summed E-state index contributed by atoms with van der Waals surface area (Å²) in [5.74, 6) is 1.27. The van der Waals surface area contributed by atoms with Crippen molar-refractivity contribution in [2.45, 2.75) is 12.2 Å². The molecule has 2 atom stereocenters. The van der Waals surface area contributed by atoms with Gasteiger partial charge in [-0.25, -0.2) is 0 Å². The van der Waals surface area contributed by atoms with Gasteiger partial charge in [0.05, 0.1) is 13.7 Å². The molecule has 1 fully saturated rings. The molecule has 4 nitrogen and oxygen atoms in total. The molecule has 2 aromatic carbocycles. The minimum absolute atomic E-state index is 0. The highest BCUT2D eigenvalue weighted by Gasteiger charge is 2.28. The van der Waals surface area contributed by atoms with Crippen LogP contribution in [0, 0.1) is 0 Å². The van der Waals surface area contributed by atoms with Crippen molar-refractivity contribution in [1.29, 1.82) is 0 Å². The Hall–Kier alpha value is -1.46. The van der Waals surface area contributed by atoms with E-state index in [0.717, 1.165) is 18.7 Å². The number of morpholine rings is 1. The fraction of sp³-hybridized carbons (Fsp3) is 0.333. The van der Waals surface area contributed by atoms with Crippen molar-refractivity contribution in [2.75, 3.05) is 26.8 Å². The highest BCUT2D eigenvalue weighted by Crippen LogP contribution is 2.35. The van der Waals surface area contributed by atoms with Crippen LogP contribution in [0.5, 0.6) is 11.5 Å². The van der Waals surface area contributed by atoms with Gasteiger partial charge in [-0.1, -0.05) is 41.9 Å². The van der Waals surface area contributed by atoms with E-state index in [-0.39, 0.29) is 24.6 Å². The molecule has 0 unspecified atom stereocenters. The Bertz CT molecular complexity index is 633. The summed E-state index contributed by atoms with van der Waals surface area (Å²) in [4.78, 5) is 0. The van der Waals surface area contributed by atoms with Gasteiger partial charge in [0.1, 0.15) is 6.10 Å². The van der Waals surface area contributed by atoms with Gasteiger partial charge in [0.15, 0.2) is 17.6 Å². The minimum Gasteiger partial charge on any atom is -0.493 e. The summed E-state index contributed by atoms with van der Waals surface area (Å²) in [6.07, 6.45) is -0.286. The van der Waals surface area contributed by atoms with Gasteiger partial charge >= 0.3 is 0 Å². The first-order valence-corrected chi connectivity index (χ1v) is 8.03. The van der Waals surface area contributed by atoms with Crippen molar-refractivity contribution in [3.63, 3.8) is 0 Å². The van der Waals surface area contributed by atoms with Crippen molar-refractivity contribution in [3.8, 4) is 11.5 Å². The first-order chi connectivity index (χ1) is 11.3. The number of hydrogen-bond donors (Lipinski definition) is 1. The predicted octanol–water partition coefficient (Wildman–Crippen LogP) is 3.88. The van der Waals surface area contributed by atoms with Crippen LogP contribution < -0.4 is 14.8 Å². The molecule has 24 heavy (non-hydrogen) atoms. The Balaban J connectivity index is 0.00000208. The van der Waals surface area contributed by atoms with Crippen molar-refractivity contribution in [1.82, 2.24) is 5.32 Å². The second-order valence-corrected chi connectivity index (χ2v) is 5.79. The van der Waals surface area contributed by atoms with Crippen LogP contribution in [0.15, 0.2) is 48.5 Å². The molecule has 130 valence electrons. The summed E-state index contributed by atoms with van der Waals surface area (Å²) >= 11 is 6.03. The van der Waals surface area contributed by atoms with Crippen LogP contribution in [0.1, 0.15) is 11.7 Å². The van der Waals surface area contributed by atoms with Gasteiger partial charge < -0.3 is 19.5 Å². The van der Waals surface area contributed by atoms with E-state index in [1.165, 1.54) is 0 Å². The van der Waals surface area contributed by atoms with Crippen molar-refractivity contribution < 1.29 is 14.2 Å². The monoisotopic (exact) mass is 369 g/mol. The average molecular weight is 370 g/mol. The molecule has 0 aromatic heterocycles. The fourth-order valence-corrected chi connectivity index (χ4v) is 2.82. The Labute approximate surface area is 153 Å². The molecule has 1 aliphatic heterocycles. The van der Waals surface area contributed by atoms with Crippen LogP contribution >= 0.6 is 24.0 Å². The number of methoxy groups -OCH3 is 1. The average Bonchev–Trinajstić information content (AvgIpc) is 2.62. The Morgan fingerprint density at radius 2 is 1.96 bits per heavy atom. The Morgan fingerprint density at radius 3 is 2.62 bits per heavy atom. The fourth-order valence-electron chi connectivity index (χ4n) is 2.66. The van der Waals surface area contributed by atoms with E-state index in [2.05, 4.69) is 5.32 Å². The number of nitrogens with one attached hydrogen (secondary N) is 1. The van der Waals surface area contributed by atoms with Crippen LogP contribution in [-0.2, 0) is 4.74 Å². The van der Waals surface area contributed by atoms with E-state index >= 15 is 0 Å². The normalized spacial score (nSPS) is 18.3. The zero-order valence-corrected chi connectivity index (χ0v) is 15.0. The number of rotatable bonds is 5. The summed E-state index contributed by atoms with van der Waals surface area (Å²) in [6, 6.07) is 15.5. The van der Waals surface area contributed by atoms with Crippen LogP contribution in [-0.4, -0.2) is 32.9 Å². The predicted molar refractivity (Wildman–Crippen MR) is 97.7 cm³/mol. The van der Waals surface area contributed by atoms with Crippen LogP contribution in [0.3, 0.4) is 0 Å². The van der Waals surface area contributed by atoms with Gasteiger partial charge in [-0.2, -0.15) is 0 Å². The third kappa shape index (κ3) is 4.54. The van der Waals surface area contributed by atoms with Gasteiger partial charge in [-0.3, -0.25) is 0 Å².